The Labute approximate surface area is 123 Å². The number of amides is 1. The first-order valence-corrected chi connectivity index (χ1v) is 8.78. The number of hydrogen-bond donors (Lipinski definition) is 2. The number of nitrogens with two attached hydrogens (primary N) is 1. The maximum Gasteiger partial charge on any atom is 0.238 e. The fourth-order valence-electron chi connectivity index (χ4n) is 2.46. The summed E-state index contributed by atoms with van der Waals surface area (Å²) in [5.74, 6) is 1.15. The molecule has 2 rings (SSSR count). The summed E-state index contributed by atoms with van der Waals surface area (Å²) in [4.78, 5) is 13.9. The third-order valence-corrected chi connectivity index (χ3v) is 6.28. The average molecular weight is 298 g/mol. The van der Waals surface area contributed by atoms with Gasteiger partial charge < -0.3 is 11.1 Å². The summed E-state index contributed by atoms with van der Waals surface area (Å²) < 4.78 is 0. The second kappa shape index (κ2) is 6.29. The molecule has 0 saturated heterocycles. The van der Waals surface area contributed by atoms with Gasteiger partial charge in [-0.05, 0) is 42.0 Å². The monoisotopic (exact) mass is 298 g/mol. The smallest absolute Gasteiger partial charge is 0.238 e. The predicted octanol–water partition coefficient (Wildman–Crippen LogP) is 2.71. The lowest BCUT2D eigenvalue weighted by atomic mass is 9.92. The fourth-order valence-corrected chi connectivity index (χ4v) is 4.75. The minimum absolute atomic E-state index is 0.0565. The third-order valence-electron chi connectivity index (χ3n) is 4.05. The molecular weight excluding hydrogens is 276 g/mol. The summed E-state index contributed by atoms with van der Waals surface area (Å²) in [5, 5.41) is 5.23. The average Bonchev–Trinajstić information content (AvgIpc) is 2.93. The van der Waals surface area contributed by atoms with E-state index in [1.54, 1.807) is 23.1 Å². The van der Waals surface area contributed by atoms with E-state index in [-0.39, 0.29) is 16.7 Å². The summed E-state index contributed by atoms with van der Waals surface area (Å²) in [6.45, 7) is 4.67. The molecule has 1 unspecified atom stereocenters. The number of aryl methyl sites for hydroxylation is 1. The molecule has 0 saturated carbocycles. The van der Waals surface area contributed by atoms with Crippen molar-refractivity contribution in [3.05, 3.63) is 21.9 Å². The largest absolute Gasteiger partial charge is 0.348 e. The van der Waals surface area contributed by atoms with Crippen LogP contribution in [0.1, 0.15) is 42.4 Å². The molecule has 0 bridgehead atoms. The van der Waals surface area contributed by atoms with Gasteiger partial charge in [0.25, 0.3) is 0 Å². The van der Waals surface area contributed by atoms with E-state index in [0.29, 0.717) is 6.54 Å². The van der Waals surface area contributed by atoms with Crippen LogP contribution in [0.25, 0.3) is 0 Å². The molecule has 1 aliphatic rings. The molecule has 3 nitrogen and oxygen atoms in total. The lowest BCUT2D eigenvalue weighted by Gasteiger charge is -2.34. The summed E-state index contributed by atoms with van der Waals surface area (Å²) in [5.41, 5.74) is 6.82. The number of nitrogens with one attached hydrogen (secondary N) is 1. The molecule has 0 spiro atoms. The Morgan fingerprint density at radius 2 is 2.26 bits per heavy atom. The Kier molecular flexibility index (Phi) is 4.92. The highest BCUT2D eigenvalue weighted by Gasteiger charge is 2.33. The molecule has 5 heteroatoms. The minimum Gasteiger partial charge on any atom is -0.348 e. The second-order valence-electron chi connectivity index (χ2n) is 4.98. The first-order valence-electron chi connectivity index (χ1n) is 6.85. The molecule has 0 aromatic carbocycles. The van der Waals surface area contributed by atoms with Gasteiger partial charge in [-0.3, -0.25) is 4.79 Å². The summed E-state index contributed by atoms with van der Waals surface area (Å²) in [6, 6.07) is 2.10. The normalized spacial score (nSPS) is 19.0. The molecule has 1 atom stereocenters. The summed E-state index contributed by atoms with van der Waals surface area (Å²) >= 11 is 3.51. The minimum atomic E-state index is -0.245. The highest BCUT2D eigenvalue weighted by Crippen LogP contribution is 2.39. The van der Waals surface area contributed by atoms with E-state index in [0.717, 1.165) is 25.0 Å². The topological polar surface area (TPSA) is 55.1 Å². The fraction of sp³-hybridized carbons (Fsp3) is 0.643. The van der Waals surface area contributed by atoms with Crippen molar-refractivity contribution in [3.63, 3.8) is 0 Å². The molecule has 0 aliphatic carbocycles. The zero-order valence-electron chi connectivity index (χ0n) is 11.6. The quantitative estimate of drug-likeness (QED) is 0.879. The van der Waals surface area contributed by atoms with Crippen molar-refractivity contribution < 1.29 is 4.79 Å². The Hall–Kier alpha value is -0.520. The van der Waals surface area contributed by atoms with Gasteiger partial charge in [-0.15, -0.1) is 23.1 Å². The lowest BCUT2D eigenvalue weighted by molar-refractivity contribution is -0.122. The van der Waals surface area contributed by atoms with Gasteiger partial charge in [-0.25, -0.2) is 0 Å². The van der Waals surface area contributed by atoms with Crippen LogP contribution in [-0.2, 0) is 11.2 Å². The zero-order chi connectivity index (χ0) is 13.9. The van der Waals surface area contributed by atoms with Crippen LogP contribution < -0.4 is 11.1 Å². The maximum atomic E-state index is 12.6. The van der Waals surface area contributed by atoms with Crippen molar-refractivity contribution in [2.45, 2.75) is 43.9 Å². The van der Waals surface area contributed by atoms with Crippen molar-refractivity contribution in [2.24, 2.45) is 5.73 Å². The predicted molar refractivity (Wildman–Crippen MR) is 83.7 cm³/mol. The lowest BCUT2D eigenvalue weighted by Crippen LogP contribution is -2.54. The van der Waals surface area contributed by atoms with Crippen molar-refractivity contribution in [1.82, 2.24) is 5.32 Å². The van der Waals surface area contributed by atoms with E-state index in [1.165, 1.54) is 10.4 Å². The first-order chi connectivity index (χ1) is 9.15. The number of carbonyl (C=O) groups is 1. The van der Waals surface area contributed by atoms with Crippen molar-refractivity contribution in [1.29, 1.82) is 0 Å². The van der Waals surface area contributed by atoms with Gasteiger partial charge in [-0.1, -0.05) is 13.8 Å². The molecule has 0 radical (unpaired) electrons. The standard InChI is InChI=1S/C14H22N2OS2/c1-3-14(4-2,9-15)16-13(17)12-10-5-7-18-11(10)6-8-19-12/h5,7,12H,3-4,6,8-9,15H2,1-2H3,(H,16,17). The van der Waals surface area contributed by atoms with Crippen LogP contribution in [0.2, 0.25) is 0 Å². The number of hydrogen-bond acceptors (Lipinski definition) is 4. The number of thiophene rings is 1. The highest BCUT2D eigenvalue weighted by atomic mass is 32.2. The molecule has 19 heavy (non-hydrogen) atoms. The molecule has 1 aromatic heterocycles. The van der Waals surface area contributed by atoms with Crippen LogP contribution >= 0.6 is 23.1 Å². The van der Waals surface area contributed by atoms with E-state index in [4.69, 9.17) is 5.73 Å². The number of thioether (sulfide) groups is 1. The van der Waals surface area contributed by atoms with Gasteiger partial charge in [0.05, 0.1) is 5.54 Å². The first kappa shape index (κ1) is 14.9. The number of rotatable bonds is 5. The van der Waals surface area contributed by atoms with E-state index < -0.39 is 0 Å². The van der Waals surface area contributed by atoms with Gasteiger partial charge in [0.1, 0.15) is 5.25 Å². The van der Waals surface area contributed by atoms with Gasteiger partial charge in [0, 0.05) is 11.4 Å². The third kappa shape index (κ3) is 2.98. The highest BCUT2D eigenvalue weighted by molar-refractivity contribution is 8.00. The Bertz CT molecular complexity index is 432. The molecular formula is C14H22N2OS2. The Balaban J connectivity index is 2.14. The maximum absolute atomic E-state index is 12.6. The van der Waals surface area contributed by atoms with E-state index in [1.807, 2.05) is 0 Å². The van der Waals surface area contributed by atoms with E-state index in [9.17, 15) is 4.79 Å². The molecule has 2 heterocycles. The SMILES string of the molecule is CCC(CC)(CN)NC(=O)C1SCCc2sccc21. The van der Waals surface area contributed by atoms with Gasteiger partial charge in [-0.2, -0.15) is 0 Å². The number of fused-ring (bicyclic) bond motifs is 1. The molecule has 1 aliphatic heterocycles. The van der Waals surface area contributed by atoms with Crippen LogP contribution in [0, 0.1) is 0 Å². The molecule has 106 valence electrons. The van der Waals surface area contributed by atoms with Crippen molar-refractivity contribution in [2.75, 3.05) is 12.3 Å². The second-order valence-corrected chi connectivity index (χ2v) is 7.19. The molecule has 3 N–H and O–H groups in total. The number of carbonyl (C=O) groups excluding carboxylic acids is 1. The Morgan fingerprint density at radius 1 is 1.53 bits per heavy atom. The molecule has 0 fully saturated rings. The summed E-state index contributed by atoms with van der Waals surface area (Å²) in [6.07, 6.45) is 2.84. The van der Waals surface area contributed by atoms with Crippen LogP contribution in [0.15, 0.2) is 11.4 Å². The van der Waals surface area contributed by atoms with Crippen molar-refractivity contribution in [3.8, 4) is 0 Å². The van der Waals surface area contributed by atoms with E-state index in [2.05, 4.69) is 30.6 Å². The van der Waals surface area contributed by atoms with Crippen LogP contribution in [0.4, 0.5) is 0 Å². The zero-order valence-corrected chi connectivity index (χ0v) is 13.2. The van der Waals surface area contributed by atoms with Crippen LogP contribution in [0.5, 0.6) is 0 Å². The van der Waals surface area contributed by atoms with Crippen LogP contribution in [-0.4, -0.2) is 23.7 Å². The van der Waals surface area contributed by atoms with Gasteiger partial charge in [0.2, 0.25) is 5.91 Å². The van der Waals surface area contributed by atoms with Crippen molar-refractivity contribution >= 4 is 29.0 Å². The summed E-state index contributed by atoms with van der Waals surface area (Å²) in [7, 11) is 0. The van der Waals surface area contributed by atoms with Gasteiger partial charge in [0.15, 0.2) is 0 Å². The van der Waals surface area contributed by atoms with Gasteiger partial charge >= 0.3 is 0 Å². The van der Waals surface area contributed by atoms with Crippen LogP contribution in [0.3, 0.4) is 0 Å². The Morgan fingerprint density at radius 3 is 2.89 bits per heavy atom. The van der Waals surface area contributed by atoms with E-state index >= 15 is 0 Å². The molecule has 1 aromatic rings. The molecule has 1 amide bonds.